The molecule has 3 amide bonds. The largest absolute Gasteiger partial charge is 0.506 e. The molecule has 0 radical (unpaired) electrons. The van der Waals surface area contributed by atoms with E-state index in [1.54, 1.807) is 43.5 Å². The molecule has 0 atom stereocenters. The molecule has 2 aromatic heterocycles. The molecule has 0 aliphatic carbocycles. The highest BCUT2D eigenvalue weighted by molar-refractivity contribution is 9.69. The Balaban J connectivity index is 0.000000275. The summed E-state index contributed by atoms with van der Waals surface area (Å²) in [4.78, 5) is 44.2. The first kappa shape index (κ1) is 54.4. The third kappa shape index (κ3) is 18.5. The average Bonchev–Trinajstić information content (AvgIpc) is 3.28. The molecule has 0 aliphatic heterocycles. The highest BCUT2D eigenvalue weighted by Crippen LogP contribution is 2.33. The number of methoxy groups -OCH3 is 1. The van der Waals surface area contributed by atoms with Crippen molar-refractivity contribution in [3.05, 3.63) is 155 Å². The van der Waals surface area contributed by atoms with Gasteiger partial charge in [-0.05, 0) is 107 Å². The number of nitrogens with two attached hydrogens (primary N) is 1. The molecule has 0 saturated heterocycles. The van der Waals surface area contributed by atoms with Crippen LogP contribution in [0.4, 0.5) is 11.4 Å². The van der Waals surface area contributed by atoms with E-state index in [1.165, 1.54) is 18.5 Å². The lowest BCUT2D eigenvalue weighted by molar-refractivity contribution is -0.117. The number of nitriles is 1. The Morgan fingerprint density at radius 1 is 0.676 bits per heavy atom. The van der Waals surface area contributed by atoms with Crippen molar-refractivity contribution in [3.63, 3.8) is 0 Å². The number of rotatable bonds is 14. The summed E-state index contributed by atoms with van der Waals surface area (Å²) in [6, 6.07) is 34.4. The molecular weight excluding hydrogens is 1060 g/mol. The Bertz CT molecular complexity index is 2720. The number of primary amides is 1. The van der Waals surface area contributed by atoms with Gasteiger partial charge in [-0.2, -0.15) is 5.26 Å². The first-order chi connectivity index (χ1) is 32.1. The Morgan fingerprint density at radius 3 is 1.65 bits per heavy atom. The minimum atomic E-state index is -0.630. The molecule has 6 aromatic rings. The van der Waals surface area contributed by atoms with Crippen LogP contribution < -0.4 is 30.6 Å². The number of aromatic hydroxyl groups is 1. The minimum absolute atomic E-state index is 0.0327. The van der Waals surface area contributed by atoms with E-state index in [0.717, 1.165) is 22.3 Å². The minimum Gasteiger partial charge on any atom is -0.506 e. The van der Waals surface area contributed by atoms with Gasteiger partial charge >= 0.3 is 3.18 Å². The van der Waals surface area contributed by atoms with Crippen LogP contribution in [0.15, 0.2) is 122 Å². The molecule has 0 bridgehead atoms. The Labute approximate surface area is 423 Å². The molecule has 0 unspecified atom stereocenters. The number of amides is 3. The highest BCUT2D eigenvalue weighted by atomic mass is 79.9. The second kappa shape index (κ2) is 25.8. The number of halogens is 3. The maximum atomic E-state index is 12.6. The second-order valence-corrected chi connectivity index (χ2v) is 23.7. The van der Waals surface area contributed by atoms with Gasteiger partial charge in [0.1, 0.15) is 52.0 Å². The van der Waals surface area contributed by atoms with E-state index in [2.05, 4.69) is 109 Å². The van der Waals surface area contributed by atoms with Crippen LogP contribution in [0.2, 0.25) is 0 Å². The van der Waals surface area contributed by atoms with E-state index in [-0.39, 0.29) is 43.7 Å². The lowest BCUT2D eigenvalue weighted by atomic mass is 9.87. The average molecular weight is 1110 g/mol. The number of benzene rings is 4. The third-order valence-electron chi connectivity index (χ3n) is 9.86. The Hall–Kier alpha value is -6.22. The smallest absolute Gasteiger partial charge is 0.369 e. The quantitative estimate of drug-likeness (QED) is 0.0601. The second-order valence-electron chi connectivity index (χ2n) is 17.2. The van der Waals surface area contributed by atoms with E-state index in [1.807, 2.05) is 72.8 Å². The molecule has 354 valence electrons. The summed E-state index contributed by atoms with van der Waals surface area (Å²) in [5.41, 5.74) is 10.6. The van der Waals surface area contributed by atoms with Crippen molar-refractivity contribution in [1.29, 1.82) is 5.26 Å². The zero-order chi connectivity index (χ0) is 50.0. The normalized spacial score (nSPS) is 10.7. The summed E-state index contributed by atoms with van der Waals surface area (Å²) in [5.74, 6) is 1.94. The number of phenolic OH excluding ortho intramolecular Hbond substituents is 1. The summed E-state index contributed by atoms with van der Waals surface area (Å²) < 4.78 is 17.3. The molecule has 0 saturated carbocycles. The number of nitrogens with one attached hydrogen (secondary N) is 2. The fourth-order valence-electron chi connectivity index (χ4n) is 6.26. The zero-order valence-corrected chi connectivity index (χ0v) is 43.7. The number of carbonyl (C=O) groups is 3. The van der Waals surface area contributed by atoms with Crippen LogP contribution >= 0.6 is 47.3 Å². The van der Waals surface area contributed by atoms with Gasteiger partial charge in [0.2, 0.25) is 11.8 Å². The number of aryl methyl sites for hydroxylation is 2. The lowest BCUT2D eigenvalue weighted by Crippen LogP contribution is -2.15. The van der Waals surface area contributed by atoms with Crippen LogP contribution in [-0.4, -0.2) is 43.1 Å². The number of aromatic nitrogens is 2. The van der Waals surface area contributed by atoms with Crippen molar-refractivity contribution in [2.45, 2.75) is 78.1 Å². The van der Waals surface area contributed by atoms with Crippen molar-refractivity contribution in [2.24, 2.45) is 5.73 Å². The molecule has 2 heterocycles. The number of phenols is 1. The van der Waals surface area contributed by atoms with Crippen LogP contribution in [0, 0.1) is 11.3 Å². The Morgan fingerprint density at radius 2 is 1.15 bits per heavy atom. The van der Waals surface area contributed by atoms with Crippen LogP contribution in [0.25, 0.3) is 0 Å². The molecular formula is C51H54BBr3N6O7. The summed E-state index contributed by atoms with van der Waals surface area (Å²) in [6.45, 7) is 12.6. The zero-order valence-electron chi connectivity index (χ0n) is 38.9. The maximum absolute atomic E-state index is 12.6. The van der Waals surface area contributed by atoms with Gasteiger partial charge in [-0.3, -0.25) is 19.4 Å². The maximum Gasteiger partial charge on any atom is 0.369 e. The molecule has 68 heavy (non-hydrogen) atoms. The highest BCUT2D eigenvalue weighted by Gasteiger charge is 2.19. The fraction of sp³-hybridized carbons (Fsp3) is 0.255. The number of hydrogen-bond acceptors (Lipinski definition) is 10. The summed E-state index contributed by atoms with van der Waals surface area (Å²) >= 11 is 9.31. The van der Waals surface area contributed by atoms with E-state index < -0.39 is 5.91 Å². The number of nitrogens with zero attached hydrogens (tertiary/aromatic N) is 3. The summed E-state index contributed by atoms with van der Waals surface area (Å²) in [5, 5.41) is 24.8. The van der Waals surface area contributed by atoms with Gasteiger partial charge < -0.3 is 35.7 Å². The van der Waals surface area contributed by atoms with Gasteiger partial charge in [0, 0.05) is 37.4 Å². The van der Waals surface area contributed by atoms with Crippen molar-refractivity contribution < 1.29 is 33.7 Å². The predicted octanol–water partition coefficient (Wildman–Crippen LogP) is 12.3. The van der Waals surface area contributed by atoms with Crippen LogP contribution in [0.1, 0.15) is 92.8 Å². The number of pyridine rings is 2. The molecule has 4 aromatic carbocycles. The molecule has 5 N–H and O–H groups in total. The standard InChI is InChI=1S/C26H27N3O3.C25H27N3O4.BBr3/c1-26(2,3)19-9-10-24(31-4)23(15-19)29-25(30)11-8-18-6-5-7-21(14-18)32-22-12-13-28-20(16-22)17-27;1-25(2,3)17-8-9-22(29)20(14-17)28-23(30)10-7-16-5-4-6-18(13-16)32-19-11-12-27-21(15-19)24(26)31;2-1(3)4/h5-7,9-10,12-16H,8,11H2,1-4H3,(H,29,30);4-6,8-9,11-15,29H,7,10H2,1-3H3,(H2,26,31)(H,28,30);. The first-order valence-corrected chi connectivity index (χ1v) is 24.1. The SMILES string of the molecule is BrB(Br)Br.CC(C)(C)c1ccc(O)c(NC(=O)CCc2cccc(Oc3ccnc(C(N)=O)c3)c2)c1.COc1ccc(C(C)(C)C)cc1NC(=O)CCc1cccc(Oc2ccnc(C#N)c2)c1. The van der Waals surface area contributed by atoms with Crippen LogP contribution in [0.5, 0.6) is 34.5 Å². The third-order valence-corrected chi connectivity index (χ3v) is 9.86. The van der Waals surface area contributed by atoms with E-state index in [0.29, 0.717) is 65.1 Å². The molecule has 17 heteroatoms. The van der Waals surface area contributed by atoms with Gasteiger partial charge in [0.15, 0.2) is 0 Å². The molecule has 0 fully saturated rings. The monoisotopic (exact) mass is 1110 g/mol. The molecule has 6 rings (SSSR count). The van der Waals surface area contributed by atoms with Gasteiger partial charge in [-0.1, -0.05) is 77.9 Å². The van der Waals surface area contributed by atoms with Crippen LogP contribution in [-0.2, 0) is 33.3 Å². The Kier molecular flexibility index (Phi) is 20.6. The van der Waals surface area contributed by atoms with Crippen molar-refractivity contribution in [2.75, 3.05) is 17.7 Å². The summed E-state index contributed by atoms with van der Waals surface area (Å²) in [7, 11) is 1.59. The van der Waals surface area contributed by atoms with Gasteiger partial charge in [-0.15, -0.1) is 47.3 Å². The number of ether oxygens (including phenoxy) is 3. The molecule has 13 nitrogen and oxygen atoms in total. The number of hydrogen-bond donors (Lipinski definition) is 4. The number of carbonyl (C=O) groups excluding carboxylic acids is 3. The van der Waals surface area contributed by atoms with Gasteiger partial charge in [0.05, 0.1) is 18.5 Å². The van der Waals surface area contributed by atoms with E-state index >= 15 is 0 Å². The lowest BCUT2D eigenvalue weighted by Gasteiger charge is -2.21. The van der Waals surface area contributed by atoms with Gasteiger partial charge in [0.25, 0.3) is 5.91 Å². The number of anilines is 2. The van der Waals surface area contributed by atoms with Crippen molar-refractivity contribution in [1.82, 2.24) is 9.97 Å². The first-order valence-electron chi connectivity index (χ1n) is 21.3. The van der Waals surface area contributed by atoms with Crippen molar-refractivity contribution >= 4 is 79.6 Å². The molecule has 0 aliphatic rings. The van der Waals surface area contributed by atoms with E-state index in [4.69, 9.17) is 25.2 Å². The van der Waals surface area contributed by atoms with Gasteiger partial charge in [-0.25, -0.2) is 4.98 Å². The predicted molar refractivity (Wildman–Crippen MR) is 280 cm³/mol. The summed E-state index contributed by atoms with van der Waals surface area (Å²) in [6.07, 6.45) is 4.60. The molecule has 0 spiro atoms. The van der Waals surface area contributed by atoms with Crippen LogP contribution in [0.3, 0.4) is 0 Å². The van der Waals surface area contributed by atoms with Crippen molar-refractivity contribution in [3.8, 4) is 40.6 Å². The fourth-order valence-corrected chi connectivity index (χ4v) is 6.26. The van der Waals surface area contributed by atoms with E-state index in [9.17, 15) is 19.5 Å². The topological polar surface area (TPSA) is 199 Å².